The number of nitrogens with zero attached hydrogens (tertiary/aromatic N) is 2. The van der Waals surface area contributed by atoms with E-state index in [1.807, 2.05) is 19.2 Å². The van der Waals surface area contributed by atoms with Gasteiger partial charge in [-0.15, -0.1) is 11.3 Å². The number of rotatable bonds is 3. The Hall–Kier alpha value is -1.16. The number of thiazole rings is 1. The van der Waals surface area contributed by atoms with Crippen molar-refractivity contribution in [1.29, 1.82) is 0 Å². The summed E-state index contributed by atoms with van der Waals surface area (Å²) in [6, 6.07) is 2.02. The average Bonchev–Trinajstić information content (AvgIpc) is 2.75. The van der Waals surface area contributed by atoms with Crippen LogP contribution in [-0.2, 0) is 6.42 Å². The number of nitrogens with one attached hydrogen (secondary N) is 1. The van der Waals surface area contributed by atoms with Crippen molar-refractivity contribution in [1.82, 2.24) is 15.2 Å². The molecule has 0 spiro atoms. The van der Waals surface area contributed by atoms with E-state index in [1.165, 1.54) is 5.01 Å². The molecule has 1 atom stereocenters. The van der Waals surface area contributed by atoms with Gasteiger partial charge in [0.1, 0.15) is 0 Å². The second-order valence-electron chi connectivity index (χ2n) is 3.49. The van der Waals surface area contributed by atoms with Crippen LogP contribution in [0.15, 0.2) is 17.6 Å². The largest absolute Gasteiger partial charge is 0.285 e. The van der Waals surface area contributed by atoms with Gasteiger partial charge in [0.15, 0.2) is 0 Å². The van der Waals surface area contributed by atoms with Gasteiger partial charge in [-0.2, -0.15) is 5.10 Å². The minimum Gasteiger partial charge on any atom is -0.285 e. The lowest BCUT2D eigenvalue weighted by Crippen LogP contribution is -1.98. The highest BCUT2D eigenvalue weighted by Crippen LogP contribution is 2.20. The molecule has 14 heavy (non-hydrogen) atoms. The van der Waals surface area contributed by atoms with E-state index in [-0.39, 0.29) is 0 Å². The number of aromatic amines is 1. The monoisotopic (exact) mass is 207 g/mol. The van der Waals surface area contributed by atoms with Gasteiger partial charge < -0.3 is 0 Å². The summed E-state index contributed by atoms with van der Waals surface area (Å²) in [5, 5.41) is 10.3. The second-order valence-corrected chi connectivity index (χ2v) is 4.43. The summed E-state index contributed by atoms with van der Waals surface area (Å²) in [5.41, 5.74) is 2.22. The summed E-state index contributed by atoms with van der Waals surface area (Å²) < 4.78 is 0. The van der Waals surface area contributed by atoms with E-state index in [0.717, 1.165) is 17.8 Å². The molecule has 4 heteroatoms. The summed E-state index contributed by atoms with van der Waals surface area (Å²) in [6.45, 7) is 4.20. The maximum absolute atomic E-state index is 4.44. The van der Waals surface area contributed by atoms with E-state index in [0.29, 0.717) is 5.92 Å². The first kappa shape index (κ1) is 9.40. The molecule has 0 aliphatic carbocycles. The second kappa shape index (κ2) is 3.92. The normalized spacial score (nSPS) is 13.0. The Morgan fingerprint density at radius 3 is 3.00 bits per heavy atom. The predicted octanol–water partition coefficient (Wildman–Crippen LogP) is 2.52. The maximum atomic E-state index is 4.44. The minimum absolute atomic E-state index is 0.437. The van der Waals surface area contributed by atoms with Crippen LogP contribution in [0.1, 0.15) is 29.2 Å². The Labute approximate surface area is 87.2 Å². The van der Waals surface area contributed by atoms with Crippen molar-refractivity contribution in [2.24, 2.45) is 0 Å². The van der Waals surface area contributed by atoms with Crippen molar-refractivity contribution < 1.29 is 0 Å². The molecule has 2 aromatic heterocycles. The van der Waals surface area contributed by atoms with Crippen LogP contribution in [0, 0.1) is 6.92 Å². The fraction of sp³-hybridized carbons (Fsp3) is 0.400. The van der Waals surface area contributed by atoms with E-state index < -0.39 is 0 Å². The van der Waals surface area contributed by atoms with Gasteiger partial charge in [-0.05, 0) is 13.0 Å². The van der Waals surface area contributed by atoms with Gasteiger partial charge in [0, 0.05) is 29.6 Å². The predicted molar refractivity (Wildman–Crippen MR) is 57.6 cm³/mol. The molecule has 0 radical (unpaired) electrons. The first-order chi connectivity index (χ1) is 6.75. The maximum Gasteiger partial charge on any atom is 0.0934 e. The smallest absolute Gasteiger partial charge is 0.0934 e. The molecular formula is C10H13N3S. The van der Waals surface area contributed by atoms with Crippen molar-refractivity contribution in [3.05, 3.63) is 34.0 Å². The van der Waals surface area contributed by atoms with E-state index >= 15 is 0 Å². The standard InChI is InChI=1S/C10H13N3S/c1-7(9-3-4-11-13-9)5-10-12-8(2)6-14-10/h3-4,6-7H,5H2,1-2H3,(H,11,13). The Kier molecular flexibility index (Phi) is 2.63. The van der Waals surface area contributed by atoms with E-state index in [1.54, 1.807) is 11.3 Å². The van der Waals surface area contributed by atoms with Crippen molar-refractivity contribution >= 4 is 11.3 Å². The summed E-state index contributed by atoms with van der Waals surface area (Å²) >= 11 is 1.73. The molecule has 0 amide bonds. The summed E-state index contributed by atoms with van der Waals surface area (Å²) in [7, 11) is 0. The molecule has 2 heterocycles. The third kappa shape index (κ3) is 2.01. The SMILES string of the molecule is Cc1csc(CC(C)c2cc[nH]n2)n1. The number of aryl methyl sites for hydroxylation is 1. The zero-order valence-corrected chi connectivity index (χ0v) is 9.14. The lowest BCUT2D eigenvalue weighted by atomic mass is 10.1. The Bertz CT molecular complexity index is 391. The highest BCUT2D eigenvalue weighted by Gasteiger charge is 2.10. The molecule has 0 bridgehead atoms. The Morgan fingerprint density at radius 2 is 2.43 bits per heavy atom. The quantitative estimate of drug-likeness (QED) is 0.840. The molecule has 1 N–H and O–H groups in total. The molecule has 0 aliphatic heterocycles. The molecule has 3 nitrogen and oxygen atoms in total. The fourth-order valence-electron chi connectivity index (χ4n) is 1.41. The fourth-order valence-corrected chi connectivity index (χ4v) is 2.31. The highest BCUT2D eigenvalue weighted by atomic mass is 32.1. The Morgan fingerprint density at radius 1 is 1.57 bits per heavy atom. The number of aromatic nitrogens is 3. The molecule has 0 aliphatic rings. The molecule has 1 unspecified atom stereocenters. The van der Waals surface area contributed by atoms with Crippen LogP contribution in [0.5, 0.6) is 0 Å². The third-order valence-corrected chi connectivity index (χ3v) is 3.16. The van der Waals surface area contributed by atoms with Gasteiger partial charge in [0.25, 0.3) is 0 Å². The van der Waals surface area contributed by atoms with Gasteiger partial charge in [-0.3, -0.25) is 5.10 Å². The summed E-state index contributed by atoms with van der Waals surface area (Å²) in [4.78, 5) is 4.44. The number of H-pyrrole nitrogens is 1. The lowest BCUT2D eigenvalue weighted by Gasteiger charge is -2.04. The topological polar surface area (TPSA) is 41.6 Å². The zero-order valence-electron chi connectivity index (χ0n) is 8.32. The van der Waals surface area contributed by atoms with Crippen LogP contribution >= 0.6 is 11.3 Å². The van der Waals surface area contributed by atoms with E-state index in [9.17, 15) is 0 Å². The van der Waals surface area contributed by atoms with Crippen molar-refractivity contribution in [3.8, 4) is 0 Å². The molecule has 0 saturated carbocycles. The van der Waals surface area contributed by atoms with Crippen LogP contribution < -0.4 is 0 Å². The van der Waals surface area contributed by atoms with Crippen molar-refractivity contribution in [2.75, 3.05) is 0 Å². The molecule has 74 valence electrons. The molecule has 2 aromatic rings. The zero-order chi connectivity index (χ0) is 9.97. The van der Waals surface area contributed by atoms with Crippen molar-refractivity contribution in [3.63, 3.8) is 0 Å². The van der Waals surface area contributed by atoms with Gasteiger partial charge >= 0.3 is 0 Å². The van der Waals surface area contributed by atoms with Gasteiger partial charge in [0.2, 0.25) is 0 Å². The molecule has 2 rings (SSSR count). The van der Waals surface area contributed by atoms with Crippen LogP contribution in [0.4, 0.5) is 0 Å². The summed E-state index contributed by atoms with van der Waals surface area (Å²) in [6.07, 6.45) is 2.84. The van der Waals surface area contributed by atoms with Crippen LogP contribution in [0.2, 0.25) is 0 Å². The van der Waals surface area contributed by atoms with Crippen molar-refractivity contribution in [2.45, 2.75) is 26.2 Å². The number of hydrogen-bond donors (Lipinski definition) is 1. The first-order valence-corrected chi connectivity index (χ1v) is 5.54. The van der Waals surface area contributed by atoms with E-state index in [2.05, 4.69) is 27.5 Å². The molecule has 0 fully saturated rings. The molecular weight excluding hydrogens is 194 g/mol. The first-order valence-electron chi connectivity index (χ1n) is 4.66. The lowest BCUT2D eigenvalue weighted by molar-refractivity contribution is 0.720. The van der Waals surface area contributed by atoms with Gasteiger partial charge in [-0.25, -0.2) is 4.98 Å². The van der Waals surface area contributed by atoms with Gasteiger partial charge in [0.05, 0.1) is 10.7 Å². The third-order valence-electron chi connectivity index (χ3n) is 2.17. The average molecular weight is 207 g/mol. The minimum atomic E-state index is 0.437. The highest BCUT2D eigenvalue weighted by molar-refractivity contribution is 7.09. The van der Waals surface area contributed by atoms with Crippen LogP contribution in [0.3, 0.4) is 0 Å². The molecule has 0 aromatic carbocycles. The van der Waals surface area contributed by atoms with E-state index in [4.69, 9.17) is 0 Å². The van der Waals surface area contributed by atoms with Crippen LogP contribution in [-0.4, -0.2) is 15.2 Å². The Balaban J connectivity index is 2.05. The van der Waals surface area contributed by atoms with Crippen LogP contribution in [0.25, 0.3) is 0 Å². The number of hydrogen-bond acceptors (Lipinski definition) is 3. The summed E-state index contributed by atoms with van der Waals surface area (Å²) in [5.74, 6) is 0.437. The molecule has 0 saturated heterocycles. The van der Waals surface area contributed by atoms with Gasteiger partial charge in [-0.1, -0.05) is 6.92 Å².